The molecule has 2 rings (SSSR count). The van der Waals surface area contributed by atoms with Gasteiger partial charge in [0.2, 0.25) is 0 Å². The third-order valence-corrected chi connectivity index (χ3v) is 5.96. The second kappa shape index (κ2) is 10.3. The number of aryl methyl sites for hydroxylation is 2. The molecule has 1 atom stereocenters. The van der Waals surface area contributed by atoms with Crippen molar-refractivity contribution in [2.45, 2.75) is 59.8 Å². The van der Waals surface area contributed by atoms with Crippen LogP contribution in [-0.4, -0.2) is 19.5 Å². The maximum atomic E-state index is 12.6. The highest BCUT2D eigenvalue weighted by molar-refractivity contribution is 6.07. The van der Waals surface area contributed by atoms with E-state index in [-0.39, 0.29) is 5.92 Å². The molecule has 0 aliphatic rings. The van der Waals surface area contributed by atoms with Gasteiger partial charge in [-0.1, -0.05) is 52.5 Å². The summed E-state index contributed by atoms with van der Waals surface area (Å²) in [6.45, 7) is 15.5. The number of anilines is 2. The third kappa shape index (κ3) is 4.69. The van der Waals surface area contributed by atoms with Crippen molar-refractivity contribution in [3.8, 4) is 11.1 Å². The maximum absolute atomic E-state index is 12.6. The number of nitrogens with one attached hydrogen (secondary N) is 1. The number of nitrogens with two attached hydrogens (primary N) is 1. The molecule has 0 saturated heterocycles. The van der Waals surface area contributed by atoms with Crippen LogP contribution in [0.25, 0.3) is 11.1 Å². The topological polar surface area (TPSA) is 58.4 Å². The highest BCUT2D eigenvalue weighted by Gasteiger charge is 2.26. The highest BCUT2D eigenvalue weighted by atomic mass is 16.1. The van der Waals surface area contributed by atoms with Crippen molar-refractivity contribution >= 4 is 17.3 Å². The van der Waals surface area contributed by atoms with Crippen molar-refractivity contribution in [2.75, 3.05) is 23.8 Å². The fraction of sp³-hybridized carbons (Fsp3) is 0.423. The molecule has 1 amide bonds. The lowest BCUT2D eigenvalue weighted by atomic mass is 9.84. The van der Waals surface area contributed by atoms with Crippen LogP contribution < -0.4 is 16.0 Å². The maximum Gasteiger partial charge on any atom is 0.252 e. The zero-order valence-electron chi connectivity index (χ0n) is 19.4. The van der Waals surface area contributed by atoms with Gasteiger partial charge in [-0.25, -0.2) is 0 Å². The molecule has 4 heteroatoms. The Morgan fingerprint density at radius 3 is 2.50 bits per heavy atom. The number of hydrogen-bond donors (Lipinski definition) is 2. The van der Waals surface area contributed by atoms with Crippen LogP contribution in [0.1, 0.15) is 73.5 Å². The van der Waals surface area contributed by atoms with Gasteiger partial charge in [-0.15, -0.1) is 0 Å². The number of hydrogen-bond acceptors (Lipinski definition) is 3. The van der Waals surface area contributed by atoms with Gasteiger partial charge in [0.1, 0.15) is 0 Å². The number of carbonyl (C=O) groups excluding carboxylic acids is 1. The van der Waals surface area contributed by atoms with E-state index in [1.807, 2.05) is 7.05 Å². The van der Waals surface area contributed by atoms with Crippen LogP contribution >= 0.6 is 0 Å². The zero-order chi connectivity index (χ0) is 22.4. The van der Waals surface area contributed by atoms with E-state index in [0.29, 0.717) is 5.56 Å². The quantitative estimate of drug-likeness (QED) is 0.490. The third-order valence-electron chi connectivity index (χ3n) is 5.96. The summed E-state index contributed by atoms with van der Waals surface area (Å²) >= 11 is 0. The minimum absolute atomic E-state index is 0.248. The number of primary amides is 1. The van der Waals surface area contributed by atoms with Crippen molar-refractivity contribution in [2.24, 2.45) is 5.73 Å². The lowest BCUT2D eigenvalue weighted by Crippen LogP contribution is -2.25. The smallest absolute Gasteiger partial charge is 0.252 e. The normalized spacial score (nSPS) is 11.8. The summed E-state index contributed by atoms with van der Waals surface area (Å²) < 4.78 is 0. The lowest BCUT2D eigenvalue weighted by molar-refractivity contribution is 0.100. The fourth-order valence-corrected chi connectivity index (χ4v) is 4.12. The zero-order valence-corrected chi connectivity index (χ0v) is 19.4. The van der Waals surface area contributed by atoms with Gasteiger partial charge in [-0.05, 0) is 72.2 Å². The van der Waals surface area contributed by atoms with Crippen molar-refractivity contribution in [1.82, 2.24) is 0 Å². The summed E-state index contributed by atoms with van der Waals surface area (Å²) in [6.07, 6.45) is 4.55. The Morgan fingerprint density at radius 1 is 1.27 bits per heavy atom. The lowest BCUT2D eigenvalue weighted by Gasteiger charge is -2.29. The number of benzene rings is 2. The van der Waals surface area contributed by atoms with E-state index < -0.39 is 5.91 Å². The van der Waals surface area contributed by atoms with Crippen LogP contribution in [-0.2, 0) is 6.42 Å². The van der Waals surface area contributed by atoms with E-state index in [9.17, 15) is 4.79 Å². The van der Waals surface area contributed by atoms with E-state index in [1.165, 1.54) is 16.7 Å². The molecule has 2 aromatic rings. The molecule has 4 nitrogen and oxygen atoms in total. The van der Waals surface area contributed by atoms with Gasteiger partial charge < -0.3 is 16.0 Å². The summed E-state index contributed by atoms with van der Waals surface area (Å²) in [5.74, 6) is -0.177. The molecule has 0 heterocycles. The van der Waals surface area contributed by atoms with E-state index in [2.05, 4.69) is 75.7 Å². The summed E-state index contributed by atoms with van der Waals surface area (Å²) in [5.41, 5.74) is 14.1. The molecule has 0 fully saturated rings. The van der Waals surface area contributed by atoms with Crippen LogP contribution in [0.3, 0.4) is 0 Å². The second-order valence-electron chi connectivity index (χ2n) is 8.05. The minimum atomic E-state index is -0.424. The fourth-order valence-electron chi connectivity index (χ4n) is 4.12. The summed E-state index contributed by atoms with van der Waals surface area (Å²) in [6, 6.07) is 8.80. The van der Waals surface area contributed by atoms with Gasteiger partial charge in [0, 0.05) is 13.6 Å². The first-order valence-corrected chi connectivity index (χ1v) is 11.0. The van der Waals surface area contributed by atoms with Gasteiger partial charge in [0.15, 0.2) is 0 Å². The molecule has 0 radical (unpaired) electrons. The van der Waals surface area contributed by atoms with E-state index in [4.69, 9.17) is 5.73 Å². The van der Waals surface area contributed by atoms with Crippen molar-refractivity contribution in [3.63, 3.8) is 0 Å². The number of rotatable bonds is 10. The molecule has 0 aliphatic heterocycles. The number of nitrogens with zero attached hydrogens (tertiary/aromatic N) is 1. The van der Waals surface area contributed by atoms with Crippen LogP contribution in [0, 0.1) is 6.92 Å². The molecule has 30 heavy (non-hydrogen) atoms. The molecule has 0 spiro atoms. The van der Waals surface area contributed by atoms with Crippen LogP contribution in [0.15, 0.2) is 37.0 Å². The molecule has 0 bridgehead atoms. The monoisotopic (exact) mass is 407 g/mol. The first-order chi connectivity index (χ1) is 14.3. The molecule has 2 aromatic carbocycles. The Kier molecular flexibility index (Phi) is 8.10. The standard InChI is InChI=1S/C26H37N3O/c1-8-14-29(7)22-16-21(20-13-12-18(6)19(10-3)15-20)23(17(5)9-2)25(28-11-4)24(22)26(27)30/h11-13,15-17,28H,4,8-10,14H2,1-3,5-7H3,(H2,27,30). The van der Waals surface area contributed by atoms with Gasteiger partial charge in [0.05, 0.1) is 16.9 Å². The number of amides is 1. The highest BCUT2D eigenvalue weighted by Crippen LogP contribution is 2.43. The second-order valence-corrected chi connectivity index (χ2v) is 8.05. The number of carbonyl (C=O) groups is 1. The SMILES string of the molecule is C=CNc1c(C(N)=O)c(N(C)CCC)cc(-c2ccc(C)c(CC)c2)c1C(C)CC. The van der Waals surface area contributed by atoms with Gasteiger partial charge in [-0.2, -0.15) is 0 Å². The molecule has 0 aromatic heterocycles. The first-order valence-electron chi connectivity index (χ1n) is 11.0. The Bertz CT molecular complexity index is 917. The minimum Gasteiger partial charge on any atom is -0.374 e. The van der Waals surface area contributed by atoms with Gasteiger partial charge in [-0.3, -0.25) is 4.79 Å². The molecule has 3 N–H and O–H groups in total. The molecular formula is C26H37N3O. The summed E-state index contributed by atoms with van der Waals surface area (Å²) in [5, 5.41) is 3.27. The largest absolute Gasteiger partial charge is 0.374 e. The average molecular weight is 408 g/mol. The van der Waals surface area contributed by atoms with Crippen LogP contribution in [0.2, 0.25) is 0 Å². The van der Waals surface area contributed by atoms with E-state index in [0.717, 1.165) is 48.3 Å². The first kappa shape index (κ1) is 23.5. The average Bonchev–Trinajstić information content (AvgIpc) is 2.72. The molecule has 162 valence electrons. The Morgan fingerprint density at radius 2 is 1.97 bits per heavy atom. The molecular weight excluding hydrogens is 370 g/mol. The van der Waals surface area contributed by atoms with Crippen molar-refractivity contribution in [3.05, 3.63) is 59.3 Å². The van der Waals surface area contributed by atoms with Gasteiger partial charge in [0.25, 0.3) is 5.91 Å². The van der Waals surface area contributed by atoms with Crippen molar-refractivity contribution < 1.29 is 4.79 Å². The van der Waals surface area contributed by atoms with E-state index >= 15 is 0 Å². The van der Waals surface area contributed by atoms with Crippen LogP contribution in [0.4, 0.5) is 11.4 Å². The Hall–Kier alpha value is -2.75. The molecule has 0 saturated carbocycles. The van der Waals surface area contributed by atoms with Crippen molar-refractivity contribution in [1.29, 1.82) is 0 Å². The summed E-state index contributed by atoms with van der Waals surface area (Å²) in [4.78, 5) is 14.7. The van der Waals surface area contributed by atoms with E-state index in [1.54, 1.807) is 6.20 Å². The Labute approximate surface area is 182 Å². The predicted molar refractivity (Wildman–Crippen MR) is 131 cm³/mol. The predicted octanol–water partition coefficient (Wildman–Crippen LogP) is 6.24. The molecule has 1 unspecified atom stereocenters. The summed E-state index contributed by atoms with van der Waals surface area (Å²) in [7, 11) is 2.02. The Balaban J connectivity index is 2.97. The molecule has 0 aliphatic carbocycles. The van der Waals surface area contributed by atoms with Gasteiger partial charge >= 0.3 is 0 Å². The van der Waals surface area contributed by atoms with Crippen LogP contribution in [0.5, 0.6) is 0 Å².